The van der Waals surface area contributed by atoms with Crippen LogP contribution in [0.3, 0.4) is 0 Å². The molecule has 1 aromatic rings. The fourth-order valence-corrected chi connectivity index (χ4v) is 3.03. The highest BCUT2D eigenvalue weighted by atomic mass is 35.5. The third kappa shape index (κ3) is 4.74. The Kier molecular flexibility index (Phi) is 6.10. The first-order valence-corrected chi connectivity index (χ1v) is 7.97. The number of benzene rings is 1. The van der Waals surface area contributed by atoms with Gasteiger partial charge in [0.05, 0.1) is 0 Å². The summed E-state index contributed by atoms with van der Waals surface area (Å²) in [6, 6.07) is 5.67. The summed E-state index contributed by atoms with van der Waals surface area (Å²) in [7, 11) is 2.11. The highest BCUT2D eigenvalue weighted by Crippen LogP contribution is 2.24. The molecule has 0 saturated carbocycles. The molecule has 0 aromatic heterocycles. The van der Waals surface area contributed by atoms with Crippen molar-refractivity contribution in [1.82, 2.24) is 4.90 Å². The molecule has 0 radical (unpaired) electrons. The predicted octanol–water partition coefficient (Wildman–Crippen LogP) is 5.50. The zero-order valence-corrected chi connectivity index (χ0v) is 13.9. The van der Waals surface area contributed by atoms with E-state index in [0.717, 1.165) is 36.5 Å². The minimum Gasteiger partial charge on any atom is -0.301 e. The molecule has 0 aliphatic heterocycles. The number of halogens is 2. The second kappa shape index (κ2) is 7.84. The molecule has 21 heavy (non-hydrogen) atoms. The van der Waals surface area contributed by atoms with Crippen LogP contribution in [-0.4, -0.2) is 18.5 Å². The number of nitrogens with zero attached hydrogens (tertiary/aromatic N) is 1. The topological polar surface area (TPSA) is 3.24 Å². The first kappa shape index (κ1) is 16.4. The highest BCUT2D eigenvalue weighted by Gasteiger charge is 2.14. The summed E-state index contributed by atoms with van der Waals surface area (Å²) in [6.45, 7) is 5.71. The van der Waals surface area contributed by atoms with Crippen LogP contribution in [0.2, 0.25) is 10.0 Å². The van der Waals surface area contributed by atoms with Crippen molar-refractivity contribution in [1.29, 1.82) is 0 Å². The molecule has 0 spiro atoms. The Labute approximate surface area is 137 Å². The van der Waals surface area contributed by atoms with E-state index in [1.165, 1.54) is 5.57 Å². The van der Waals surface area contributed by atoms with Crippen LogP contribution in [0.1, 0.15) is 18.4 Å². The molecule has 2 rings (SSSR count). The van der Waals surface area contributed by atoms with Crippen molar-refractivity contribution in [2.45, 2.75) is 19.4 Å². The van der Waals surface area contributed by atoms with Crippen molar-refractivity contribution in [2.75, 3.05) is 13.6 Å². The zero-order valence-electron chi connectivity index (χ0n) is 12.4. The van der Waals surface area contributed by atoms with Crippen LogP contribution in [-0.2, 0) is 6.54 Å². The first-order chi connectivity index (χ1) is 10.1. The molecule has 1 aromatic carbocycles. The van der Waals surface area contributed by atoms with Crippen LogP contribution >= 0.6 is 23.2 Å². The Hall–Kier alpha value is -1.02. The van der Waals surface area contributed by atoms with Crippen LogP contribution < -0.4 is 0 Å². The Bertz CT molecular complexity index is 560. The summed E-state index contributed by atoms with van der Waals surface area (Å²) >= 11 is 12.2. The van der Waals surface area contributed by atoms with E-state index < -0.39 is 0 Å². The molecule has 1 aliphatic rings. The summed E-state index contributed by atoms with van der Waals surface area (Å²) in [5, 5.41) is 1.40. The van der Waals surface area contributed by atoms with Crippen molar-refractivity contribution in [3.8, 4) is 0 Å². The van der Waals surface area contributed by atoms with Crippen LogP contribution in [0.15, 0.2) is 54.7 Å². The minimum atomic E-state index is 0.359. The second-order valence-corrected chi connectivity index (χ2v) is 6.30. The summed E-state index contributed by atoms with van der Waals surface area (Å²) in [5.41, 5.74) is 2.46. The van der Waals surface area contributed by atoms with Gasteiger partial charge in [-0.3, -0.25) is 0 Å². The van der Waals surface area contributed by atoms with Crippen molar-refractivity contribution in [3.05, 3.63) is 70.3 Å². The van der Waals surface area contributed by atoms with Gasteiger partial charge in [-0.2, -0.15) is 0 Å². The predicted molar refractivity (Wildman–Crippen MR) is 92.9 cm³/mol. The molecule has 1 nitrogen and oxygen atoms in total. The van der Waals surface area contributed by atoms with Gasteiger partial charge in [0.25, 0.3) is 0 Å². The maximum atomic E-state index is 6.24. The molecule has 112 valence electrons. The minimum absolute atomic E-state index is 0.359. The van der Waals surface area contributed by atoms with E-state index in [-0.39, 0.29) is 0 Å². The van der Waals surface area contributed by atoms with E-state index in [0.29, 0.717) is 10.9 Å². The first-order valence-electron chi connectivity index (χ1n) is 7.21. The average Bonchev–Trinajstić information content (AvgIpc) is 2.48. The molecular weight excluding hydrogens is 301 g/mol. The van der Waals surface area contributed by atoms with E-state index in [4.69, 9.17) is 23.2 Å². The largest absolute Gasteiger partial charge is 0.301 e. The highest BCUT2D eigenvalue weighted by molar-refractivity contribution is 6.35. The van der Waals surface area contributed by atoms with Crippen molar-refractivity contribution in [2.24, 2.45) is 5.92 Å². The van der Waals surface area contributed by atoms with Gasteiger partial charge in [0.1, 0.15) is 0 Å². The SMILES string of the molecule is C=CC(CN(C)Cc1ccc(Cl)cc1Cl)C1=CCCC=C1. The Morgan fingerprint density at radius 1 is 1.33 bits per heavy atom. The molecule has 0 bridgehead atoms. The Morgan fingerprint density at radius 2 is 2.14 bits per heavy atom. The van der Waals surface area contributed by atoms with Gasteiger partial charge in [-0.15, -0.1) is 6.58 Å². The normalized spacial score (nSPS) is 15.9. The fraction of sp³-hybridized carbons (Fsp3) is 0.333. The van der Waals surface area contributed by atoms with Crippen LogP contribution in [0.25, 0.3) is 0 Å². The summed E-state index contributed by atoms with van der Waals surface area (Å²) < 4.78 is 0. The quantitative estimate of drug-likeness (QED) is 0.625. The Morgan fingerprint density at radius 3 is 2.76 bits per heavy atom. The van der Waals surface area contributed by atoms with E-state index in [9.17, 15) is 0 Å². The van der Waals surface area contributed by atoms with Gasteiger partial charge < -0.3 is 4.90 Å². The maximum absolute atomic E-state index is 6.24. The lowest BCUT2D eigenvalue weighted by Crippen LogP contribution is -2.25. The van der Waals surface area contributed by atoms with E-state index in [1.54, 1.807) is 6.07 Å². The average molecular weight is 322 g/mol. The summed E-state index contributed by atoms with van der Waals surface area (Å²) in [6.07, 6.45) is 11.1. The molecule has 0 heterocycles. The molecular formula is C18H21Cl2N. The molecule has 0 amide bonds. The molecule has 1 atom stereocenters. The van der Waals surface area contributed by atoms with Gasteiger partial charge in [-0.1, -0.05) is 53.6 Å². The van der Waals surface area contributed by atoms with Gasteiger partial charge in [0.15, 0.2) is 0 Å². The van der Waals surface area contributed by atoms with Crippen LogP contribution in [0.4, 0.5) is 0 Å². The number of allylic oxidation sites excluding steroid dienone is 3. The summed E-state index contributed by atoms with van der Waals surface area (Å²) in [5.74, 6) is 0.359. The molecule has 0 N–H and O–H groups in total. The molecule has 0 fully saturated rings. The molecule has 1 aliphatic carbocycles. The summed E-state index contributed by atoms with van der Waals surface area (Å²) in [4.78, 5) is 2.27. The van der Waals surface area contributed by atoms with Crippen molar-refractivity contribution >= 4 is 23.2 Å². The van der Waals surface area contributed by atoms with Gasteiger partial charge >= 0.3 is 0 Å². The zero-order chi connectivity index (χ0) is 15.2. The van der Waals surface area contributed by atoms with Gasteiger partial charge in [0, 0.05) is 29.1 Å². The smallest absolute Gasteiger partial charge is 0.0465 e. The van der Waals surface area contributed by atoms with Crippen molar-refractivity contribution in [3.63, 3.8) is 0 Å². The Balaban J connectivity index is 1.99. The number of hydrogen-bond donors (Lipinski definition) is 0. The van der Waals surface area contributed by atoms with E-state index in [2.05, 4.69) is 36.8 Å². The van der Waals surface area contributed by atoms with Gasteiger partial charge in [-0.05, 0) is 43.2 Å². The number of hydrogen-bond acceptors (Lipinski definition) is 1. The van der Waals surface area contributed by atoms with Crippen LogP contribution in [0.5, 0.6) is 0 Å². The fourth-order valence-electron chi connectivity index (χ4n) is 2.57. The second-order valence-electron chi connectivity index (χ2n) is 5.46. The lowest BCUT2D eigenvalue weighted by Gasteiger charge is -2.24. The number of rotatable bonds is 6. The lowest BCUT2D eigenvalue weighted by molar-refractivity contribution is 0.307. The molecule has 1 unspecified atom stereocenters. The van der Waals surface area contributed by atoms with Crippen LogP contribution in [0, 0.1) is 5.92 Å². The molecule has 0 saturated heterocycles. The maximum Gasteiger partial charge on any atom is 0.0465 e. The lowest BCUT2D eigenvalue weighted by atomic mass is 9.93. The van der Waals surface area contributed by atoms with E-state index in [1.807, 2.05) is 18.2 Å². The van der Waals surface area contributed by atoms with Gasteiger partial charge in [0.2, 0.25) is 0 Å². The third-order valence-electron chi connectivity index (χ3n) is 3.70. The van der Waals surface area contributed by atoms with Crippen molar-refractivity contribution < 1.29 is 0 Å². The van der Waals surface area contributed by atoms with Gasteiger partial charge in [-0.25, -0.2) is 0 Å². The monoisotopic (exact) mass is 321 g/mol. The standard InChI is InChI=1S/C18H21Cl2N/c1-3-14(15-7-5-4-6-8-15)12-21(2)13-16-9-10-17(19)11-18(16)20/h3,5,7-11,14H,1,4,6,12-13H2,2H3. The third-order valence-corrected chi connectivity index (χ3v) is 4.29. The molecule has 3 heteroatoms. The van der Waals surface area contributed by atoms with E-state index >= 15 is 0 Å².